The van der Waals surface area contributed by atoms with Crippen LogP contribution in [0.15, 0.2) is 30.3 Å². The summed E-state index contributed by atoms with van der Waals surface area (Å²) in [5.41, 5.74) is 1.55. The van der Waals surface area contributed by atoms with Crippen LogP contribution in [0.5, 0.6) is 0 Å². The highest BCUT2D eigenvalue weighted by molar-refractivity contribution is 7.99. The predicted octanol–water partition coefficient (Wildman–Crippen LogP) is 2.95. The molecule has 0 amide bonds. The standard InChI is InChI=1S/C16H26N2S/c1-4-19-11-10-18-12-14(2)17-13-16(18,3)15-8-6-5-7-9-15/h5-9,14,17H,4,10-13H2,1-3H3. The number of rotatable bonds is 5. The van der Waals surface area contributed by atoms with Crippen LogP contribution in [0.3, 0.4) is 0 Å². The zero-order valence-electron chi connectivity index (χ0n) is 12.4. The lowest BCUT2D eigenvalue weighted by Gasteiger charge is -2.48. The van der Waals surface area contributed by atoms with Gasteiger partial charge in [0.15, 0.2) is 0 Å². The topological polar surface area (TPSA) is 15.3 Å². The van der Waals surface area contributed by atoms with Crippen molar-refractivity contribution in [3.8, 4) is 0 Å². The van der Waals surface area contributed by atoms with E-state index >= 15 is 0 Å². The van der Waals surface area contributed by atoms with Gasteiger partial charge in [0, 0.05) is 31.4 Å². The van der Waals surface area contributed by atoms with Gasteiger partial charge >= 0.3 is 0 Å². The van der Waals surface area contributed by atoms with Gasteiger partial charge < -0.3 is 5.32 Å². The zero-order valence-corrected chi connectivity index (χ0v) is 13.2. The molecule has 2 nitrogen and oxygen atoms in total. The van der Waals surface area contributed by atoms with Crippen molar-refractivity contribution in [1.29, 1.82) is 0 Å². The second-order valence-electron chi connectivity index (χ2n) is 5.56. The summed E-state index contributed by atoms with van der Waals surface area (Å²) < 4.78 is 0. The van der Waals surface area contributed by atoms with Crippen molar-refractivity contribution >= 4 is 11.8 Å². The van der Waals surface area contributed by atoms with Crippen molar-refractivity contribution in [2.45, 2.75) is 32.4 Å². The van der Waals surface area contributed by atoms with Gasteiger partial charge in [-0.25, -0.2) is 0 Å². The van der Waals surface area contributed by atoms with E-state index in [-0.39, 0.29) is 5.54 Å². The first-order valence-electron chi connectivity index (χ1n) is 7.28. The molecule has 0 aromatic heterocycles. The van der Waals surface area contributed by atoms with Crippen molar-refractivity contribution in [3.05, 3.63) is 35.9 Å². The maximum Gasteiger partial charge on any atom is 0.0558 e. The highest BCUT2D eigenvalue weighted by Gasteiger charge is 2.37. The average molecular weight is 278 g/mol. The Morgan fingerprint density at radius 1 is 1.37 bits per heavy atom. The number of hydrogen-bond donors (Lipinski definition) is 1. The molecule has 1 heterocycles. The van der Waals surface area contributed by atoms with Crippen LogP contribution in [0, 0.1) is 0 Å². The Hall–Kier alpha value is -0.510. The summed E-state index contributed by atoms with van der Waals surface area (Å²) in [7, 11) is 0. The fourth-order valence-electron chi connectivity index (χ4n) is 2.82. The molecule has 0 saturated carbocycles. The summed E-state index contributed by atoms with van der Waals surface area (Å²) in [6, 6.07) is 11.5. The van der Waals surface area contributed by atoms with Gasteiger partial charge in [-0.2, -0.15) is 11.8 Å². The number of nitrogens with one attached hydrogen (secondary N) is 1. The largest absolute Gasteiger partial charge is 0.311 e. The third-order valence-corrected chi connectivity index (χ3v) is 4.97. The van der Waals surface area contributed by atoms with Gasteiger partial charge in [0.25, 0.3) is 0 Å². The highest BCUT2D eigenvalue weighted by Crippen LogP contribution is 2.30. The van der Waals surface area contributed by atoms with E-state index < -0.39 is 0 Å². The molecule has 0 bridgehead atoms. The molecule has 19 heavy (non-hydrogen) atoms. The van der Waals surface area contributed by atoms with Crippen LogP contribution in [0.2, 0.25) is 0 Å². The third-order valence-electron chi connectivity index (χ3n) is 4.09. The third kappa shape index (κ3) is 3.53. The zero-order chi connectivity index (χ0) is 13.7. The number of nitrogens with zero attached hydrogens (tertiary/aromatic N) is 1. The van der Waals surface area contributed by atoms with Crippen LogP contribution in [-0.2, 0) is 5.54 Å². The SMILES string of the molecule is CCSCCN1CC(C)NCC1(C)c1ccccc1. The van der Waals surface area contributed by atoms with E-state index in [2.05, 4.69) is 61.3 Å². The van der Waals surface area contributed by atoms with E-state index in [4.69, 9.17) is 0 Å². The summed E-state index contributed by atoms with van der Waals surface area (Å²) in [5.74, 6) is 2.44. The lowest BCUT2D eigenvalue weighted by atomic mass is 9.87. The molecule has 1 saturated heterocycles. The molecule has 1 fully saturated rings. The van der Waals surface area contributed by atoms with Crippen LogP contribution in [-0.4, -0.2) is 42.1 Å². The van der Waals surface area contributed by atoms with Crippen LogP contribution in [0.25, 0.3) is 0 Å². The van der Waals surface area contributed by atoms with Gasteiger partial charge in [-0.05, 0) is 25.2 Å². The maximum absolute atomic E-state index is 3.64. The quantitative estimate of drug-likeness (QED) is 0.834. The van der Waals surface area contributed by atoms with Gasteiger partial charge in [0.1, 0.15) is 0 Å². The van der Waals surface area contributed by atoms with Crippen LogP contribution in [0.1, 0.15) is 26.3 Å². The minimum absolute atomic E-state index is 0.127. The Balaban J connectivity index is 2.14. The van der Waals surface area contributed by atoms with Crippen LogP contribution < -0.4 is 5.32 Å². The molecule has 2 rings (SSSR count). The number of hydrogen-bond acceptors (Lipinski definition) is 3. The normalized spacial score (nSPS) is 28.5. The van der Waals surface area contributed by atoms with Crippen molar-refractivity contribution < 1.29 is 0 Å². The highest BCUT2D eigenvalue weighted by atomic mass is 32.2. The lowest BCUT2D eigenvalue weighted by molar-refractivity contribution is 0.0603. The minimum atomic E-state index is 0.127. The van der Waals surface area contributed by atoms with E-state index in [1.165, 1.54) is 23.6 Å². The summed E-state index contributed by atoms with van der Waals surface area (Å²) in [5, 5.41) is 3.64. The molecule has 1 aliphatic rings. The maximum atomic E-state index is 3.64. The van der Waals surface area contributed by atoms with Gasteiger partial charge in [0.2, 0.25) is 0 Å². The molecule has 2 atom stereocenters. The molecule has 2 unspecified atom stereocenters. The molecular formula is C16H26N2S. The molecule has 106 valence electrons. The van der Waals surface area contributed by atoms with Gasteiger partial charge in [-0.1, -0.05) is 37.3 Å². The Morgan fingerprint density at radius 3 is 2.79 bits per heavy atom. The molecule has 0 radical (unpaired) electrons. The van der Waals surface area contributed by atoms with E-state index in [1.807, 2.05) is 11.8 Å². The first-order chi connectivity index (χ1) is 9.16. The lowest BCUT2D eigenvalue weighted by Crippen LogP contribution is -2.61. The molecule has 1 aromatic rings. The second-order valence-corrected chi connectivity index (χ2v) is 6.96. The summed E-state index contributed by atoms with van der Waals surface area (Å²) >= 11 is 2.04. The molecule has 0 aliphatic carbocycles. The Bertz CT molecular complexity index is 382. The first kappa shape index (κ1) is 14.9. The predicted molar refractivity (Wildman–Crippen MR) is 85.8 cm³/mol. The Kier molecular flexibility index (Phi) is 5.31. The molecule has 3 heteroatoms. The first-order valence-corrected chi connectivity index (χ1v) is 8.44. The van der Waals surface area contributed by atoms with Gasteiger partial charge in [0.05, 0.1) is 5.54 Å². The fourth-order valence-corrected chi connectivity index (χ4v) is 3.46. The number of thioether (sulfide) groups is 1. The fraction of sp³-hybridized carbons (Fsp3) is 0.625. The van der Waals surface area contributed by atoms with E-state index in [1.54, 1.807) is 0 Å². The molecule has 1 N–H and O–H groups in total. The molecule has 0 spiro atoms. The number of benzene rings is 1. The van der Waals surface area contributed by atoms with Gasteiger partial charge in [-0.15, -0.1) is 0 Å². The average Bonchev–Trinajstić information content (AvgIpc) is 2.44. The van der Waals surface area contributed by atoms with Crippen LogP contribution in [0.4, 0.5) is 0 Å². The Labute approximate surface area is 122 Å². The summed E-state index contributed by atoms with van der Waals surface area (Å²) in [6.07, 6.45) is 0. The summed E-state index contributed by atoms with van der Waals surface area (Å²) in [6.45, 7) is 10.2. The van der Waals surface area contributed by atoms with Crippen LogP contribution >= 0.6 is 11.8 Å². The minimum Gasteiger partial charge on any atom is -0.311 e. The molecule has 1 aromatic carbocycles. The van der Waals surface area contributed by atoms with E-state index in [9.17, 15) is 0 Å². The van der Waals surface area contributed by atoms with Crippen molar-refractivity contribution in [2.24, 2.45) is 0 Å². The second kappa shape index (κ2) is 6.78. The van der Waals surface area contributed by atoms with Gasteiger partial charge in [-0.3, -0.25) is 4.90 Å². The van der Waals surface area contributed by atoms with Crippen molar-refractivity contribution in [2.75, 3.05) is 31.1 Å². The molecule has 1 aliphatic heterocycles. The van der Waals surface area contributed by atoms with Crippen molar-refractivity contribution in [1.82, 2.24) is 10.2 Å². The molecular weight excluding hydrogens is 252 g/mol. The van der Waals surface area contributed by atoms with Crippen molar-refractivity contribution in [3.63, 3.8) is 0 Å². The Morgan fingerprint density at radius 2 is 2.11 bits per heavy atom. The monoisotopic (exact) mass is 278 g/mol. The summed E-state index contributed by atoms with van der Waals surface area (Å²) in [4.78, 5) is 2.66. The van der Waals surface area contributed by atoms with E-state index in [0.29, 0.717) is 6.04 Å². The number of piperazine rings is 1. The van der Waals surface area contributed by atoms with E-state index in [0.717, 1.165) is 13.1 Å². The smallest absolute Gasteiger partial charge is 0.0558 e.